The van der Waals surface area contributed by atoms with Crippen LogP contribution in [-0.4, -0.2) is 42.9 Å². The van der Waals surface area contributed by atoms with Gasteiger partial charge in [0.2, 0.25) is 0 Å². The summed E-state index contributed by atoms with van der Waals surface area (Å²) in [5.41, 5.74) is 2.78. The Morgan fingerprint density at radius 1 is 1.33 bits per heavy atom. The van der Waals surface area contributed by atoms with Crippen molar-refractivity contribution in [2.75, 3.05) is 31.9 Å². The van der Waals surface area contributed by atoms with Gasteiger partial charge in [-0.15, -0.1) is 11.8 Å². The van der Waals surface area contributed by atoms with Gasteiger partial charge >= 0.3 is 0 Å². The summed E-state index contributed by atoms with van der Waals surface area (Å²) in [5, 5.41) is 3.44. The average molecular weight is 264 g/mol. The Hall–Kier alpha value is -0.510. The van der Waals surface area contributed by atoms with Gasteiger partial charge in [0.25, 0.3) is 0 Å². The summed E-state index contributed by atoms with van der Waals surface area (Å²) in [6.45, 7) is 11.3. The third-order valence-electron chi connectivity index (χ3n) is 3.76. The number of benzene rings is 1. The van der Waals surface area contributed by atoms with E-state index in [9.17, 15) is 0 Å². The fraction of sp³-hybridized carbons (Fsp3) is 0.600. The lowest BCUT2D eigenvalue weighted by Crippen LogP contribution is -2.50. The number of thioether (sulfide) groups is 1. The smallest absolute Gasteiger partial charge is 0.0193 e. The highest BCUT2D eigenvalue weighted by Crippen LogP contribution is 2.21. The number of rotatable bonds is 4. The molecule has 2 rings (SSSR count). The van der Waals surface area contributed by atoms with E-state index in [2.05, 4.69) is 49.2 Å². The van der Waals surface area contributed by atoms with Crippen LogP contribution in [0.5, 0.6) is 0 Å². The lowest BCUT2D eigenvalue weighted by Gasteiger charge is -2.33. The standard InChI is InChI=1S/C15H24N2S/c1-12-4-5-15(10-13(12)2)18-9-8-17-7-6-16-11-14(17)3/h4-5,10,14,16H,6-9,11H2,1-3H3/t14-/m0/s1. The third-order valence-corrected chi connectivity index (χ3v) is 4.74. The second kappa shape index (κ2) is 6.60. The van der Waals surface area contributed by atoms with E-state index in [4.69, 9.17) is 0 Å². The molecule has 0 amide bonds. The fourth-order valence-electron chi connectivity index (χ4n) is 2.30. The van der Waals surface area contributed by atoms with Crippen LogP contribution in [0, 0.1) is 13.8 Å². The summed E-state index contributed by atoms with van der Waals surface area (Å²) in [6.07, 6.45) is 0. The Morgan fingerprint density at radius 3 is 2.89 bits per heavy atom. The summed E-state index contributed by atoms with van der Waals surface area (Å²) < 4.78 is 0. The van der Waals surface area contributed by atoms with Crippen LogP contribution in [0.1, 0.15) is 18.1 Å². The van der Waals surface area contributed by atoms with Crippen LogP contribution in [0.3, 0.4) is 0 Å². The molecule has 1 atom stereocenters. The maximum Gasteiger partial charge on any atom is 0.0193 e. The zero-order chi connectivity index (χ0) is 13.0. The first-order chi connectivity index (χ1) is 8.66. The Kier molecular flexibility index (Phi) is 5.10. The minimum atomic E-state index is 0.680. The molecule has 1 aromatic rings. The van der Waals surface area contributed by atoms with Gasteiger partial charge in [-0.05, 0) is 44.0 Å². The predicted molar refractivity (Wildman–Crippen MR) is 80.5 cm³/mol. The Labute approximate surface area is 115 Å². The van der Waals surface area contributed by atoms with Crippen molar-refractivity contribution in [3.63, 3.8) is 0 Å². The van der Waals surface area contributed by atoms with Gasteiger partial charge < -0.3 is 5.32 Å². The molecule has 1 fully saturated rings. The van der Waals surface area contributed by atoms with Crippen LogP contribution in [0.15, 0.2) is 23.1 Å². The molecular weight excluding hydrogens is 240 g/mol. The number of piperazine rings is 1. The van der Waals surface area contributed by atoms with Gasteiger partial charge in [0.1, 0.15) is 0 Å². The van der Waals surface area contributed by atoms with E-state index in [-0.39, 0.29) is 0 Å². The van der Waals surface area contributed by atoms with Gasteiger partial charge in [0, 0.05) is 42.9 Å². The molecule has 0 aromatic heterocycles. The molecule has 2 nitrogen and oxygen atoms in total. The highest BCUT2D eigenvalue weighted by Gasteiger charge is 2.16. The number of aryl methyl sites for hydroxylation is 2. The van der Waals surface area contributed by atoms with Crippen LogP contribution in [0.2, 0.25) is 0 Å². The van der Waals surface area contributed by atoms with Crippen molar-refractivity contribution in [3.05, 3.63) is 29.3 Å². The Balaban J connectivity index is 1.79. The maximum atomic E-state index is 3.44. The summed E-state index contributed by atoms with van der Waals surface area (Å²) >= 11 is 1.98. The number of nitrogens with one attached hydrogen (secondary N) is 1. The van der Waals surface area contributed by atoms with Crippen LogP contribution >= 0.6 is 11.8 Å². The van der Waals surface area contributed by atoms with Crippen molar-refractivity contribution in [2.24, 2.45) is 0 Å². The summed E-state index contributed by atoms with van der Waals surface area (Å²) in [5.74, 6) is 1.19. The fourth-order valence-corrected chi connectivity index (χ4v) is 3.29. The second-order valence-electron chi connectivity index (χ2n) is 5.18. The van der Waals surface area contributed by atoms with Crippen molar-refractivity contribution in [2.45, 2.75) is 31.7 Å². The first-order valence-corrected chi connectivity index (χ1v) is 7.80. The van der Waals surface area contributed by atoms with E-state index in [1.54, 1.807) is 0 Å². The molecule has 0 spiro atoms. The lowest BCUT2D eigenvalue weighted by atomic mass is 10.1. The molecule has 0 bridgehead atoms. The Morgan fingerprint density at radius 2 is 2.17 bits per heavy atom. The summed E-state index contributed by atoms with van der Waals surface area (Å²) in [6, 6.07) is 7.46. The van der Waals surface area contributed by atoms with E-state index in [1.807, 2.05) is 11.8 Å². The van der Waals surface area contributed by atoms with Gasteiger partial charge in [0.05, 0.1) is 0 Å². The monoisotopic (exact) mass is 264 g/mol. The molecule has 1 aliphatic heterocycles. The first-order valence-electron chi connectivity index (χ1n) is 6.81. The molecule has 18 heavy (non-hydrogen) atoms. The third kappa shape index (κ3) is 3.74. The van der Waals surface area contributed by atoms with Crippen LogP contribution < -0.4 is 5.32 Å². The predicted octanol–water partition coefficient (Wildman–Crippen LogP) is 2.69. The van der Waals surface area contributed by atoms with E-state index < -0.39 is 0 Å². The zero-order valence-corrected chi connectivity index (χ0v) is 12.5. The van der Waals surface area contributed by atoms with Crippen LogP contribution in [0.4, 0.5) is 0 Å². The molecule has 1 heterocycles. The molecule has 100 valence electrons. The van der Waals surface area contributed by atoms with Gasteiger partial charge in [0.15, 0.2) is 0 Å². The summed E-state index contributed by atoms with van der Waals surface area (Å²) in [4.78, 5) is 3.99. The van der Waals surface area contributed by atoms with Crippen molar-refractivity contribution in [3.8, 4) is 0 Å². The molecule has 0 aliphatic carbocycles. The van der Waals surface area contributed by atoms with E-state index >= 15 is 0 Å². The van der Waals surface area contributed by atoms with Gasteiger partial charge in [-0.2, -0.15) is 0 Å². The molecular formula is C15H24N2S. The molecule has 1 N–H and O–H groups in total. The van der Waals surface area contributed by atoms with E-state index in [0.717, 1.165) is 13.1 Å². The quantitative estimate of drug-likeness (QED) is 0.842. The topological polar surface area (TPSA) is 15.3 Å². The number of hydrogen-bond acceptors (Lipinski definition) is 3. The zero-order valence-electron chi connectivity index (χ0n) is 11.7. The molecule has 0 unspecified atom stereocenters. The SMILES string of the molecule is Cc1ccc(SCCN2CCNC[C@@H]2C)cc1C. The molecule has 1 aromatic carbocycles. The van der Waals surface area contributed by atoms with Crippen molar-refractivity contribution < 1.29 is 0 Å². The second-order valence-corrected chi connectivity index (χ2v) is 6.35. The van der Waals surface area contributed by atoms with Crippen LogP contribution in [-0.2, 0) is 0 Å². The highest BCUT2D eigenvalue weighted by molar-refractivity contribution is 7.99. The number of nitrogens with zero attached hydrogens (tertiary/aromatic N) is 1. The van der Waals surface area contributed by atoms with Crippen molar-refractivity contribution >= 4 is 11.8 Å². The van der Waals surface area contributed by atoms with Gasteiger partial charge in [-0.1, -0.05) is 6.07 Å². The minimum Gasteiger partial charge on any atom is -0.314 e. The maximum absolute atomic E-state index is 3.44. The normalized spacial score (nSPS) is 21.2. The number of hydrogen-bond donors (Lipinski definition) is 1. The van der Waals surface area contributed by atoms with E-state index in [0.29, 0.717) is 6.04 Å². The molecule has 1 aliphatic rings. The molecule has 0 saturated carbocycles. The highest BCUT2D eigenvalue weighted by atomic mass is 32.2. The first kappa shape index (κ1) is 13.9. The molecule has 1 saturated heterocycles. The lowest BCUT2D eigenvalue weighted by molar-refractivity contribution is 0.184. The van der Waals surface area contributed by atoms with E-state index in [1.165, 1.54) is 34.9 Å². The molecule has 0 radical (unpaired) electrons. The Bertz CT molecular complexity index is 392. The van der Waals surface area contributed by atoms with Crippen molar-refractivity contribution in [1.82, 2.24) is 10.2 Å². The largest absolute Gasteiger partial charge is 0.314 e. The van der Waals surface area contributed by atoms with Crippen LogP contribution in [0.25, 0.3) is 0 Å². The van der Waals surface area contributed by atoms with Gasteiger partial charge in [-0.25, -0.2) is 0 Å². The summed E-state index contributed by atoms with van der Waals surface area (Å²) in [7, 11) is 0. The minimum absolute atomic E-state index is 0.680. The van der Waals surface area contributed by atoms with Crippen molar-refractivity contribution in [1.29, 1.82) is 0 Å². The average Bonchev–Trinajstić information content (AvgIpc) is 2.36. The molecule has 3 heteroatoms. The van der Waals surface area contributed by atoms with Gasteiger partial charge in [-0.3, -0.25) is 4.90 Å².